The largest absolute Gasteiger partial charge is 0.289 e. The Balaban J connectivity index is 2.45. The number of hydrogen-bond donors (Lipinski definition) is 2. The van der Waals surface area contributed by atoms with Crippen LogP contribution in [0.2, 0.25) is 0 Å². The molecule has 2 N–H and O–H groups in total. The van der Waals surface area contributed by atoms with Crippen molar-refractivity contribution in [1.29, 1.82) is 0 Å². The topological polar surface area (TPSA) is 86.7 Å². The number of amides is 3. The highest BCUT2D eigenvalue weighted by Crippen LogP contribution is 2.26. The summed E-state index contributed by atoms with van der Waals surface area (Å²) in [6.45, 7) is 3.40. The third-order valence-corrected chi connectivity index (χ3v) is 3.11. The number of hydrogen-bond acceptors (Lipinski definition) is 4. The van der Waals surface area contributed by atoms with E-state index in [1.807, 2.05) is 0 Å². The summed E-state index contributed by atoms with van der Waals surface area (Å²) in [5.41, 5.74) is 2.07. The van der Waals surface area contributed by atoms with Crippen LogP contribution in [-0.4, -0.2) is 33.9 Å². The molecule has 1 aliphatic rings. The minimum absolute atomic E-state index is 0.281. The Morgan fingerprint density at radius 2 is 1.63 bits per heavy atom. The second-order valence-electron chi connectivity index (χ2n) is 4.69. The molecule has 0 spiro atoms. The van der Waals surface area contributed by atoms with Crippen LogP contribution in [0.4, 0.5) is 0 Å². The van der Waals surface area contributed by atoms with Crippen molar-refractivity contribution in [2.45, 2.75) is 19.9 Å². The molecule has 2 rings (SSSR count). The molecule has 1 atom stereocenters. The lowest BCUT2D eigenvalue weighted by Gasteiger charge is -2.27. The van der Waals surface area contributed by atoms with Gasteiger partial charge in [0.05, 0.1) is 11.1 Å². The number of carbonyl (C=O) groups is 3. The maximum absolute atomic E-state index is 12.2. The maximum Gasteiger partial charge on any atom is 0.266 e. The molecule has 19 heavy (non-hydrogen) atoms. The van der Waals surface area contributed by atoms with Gasteiger partial charge in [-0.3, -0.25) is 24.5 Å². The maximum atomic E-state index is 12.2. The van der Waals surface area contributed by atoms with Gasteiger partial charge >= 0.3 is 0 Å². The molecule has 6 nitrogen and oxygen atoms in total. The van der Waals surface area contributed by atoms with Gasteiger partial charge in [0.25, 0.3) is 17.7 Å². The average molecular weight is 262 g/mol. The van der Waals surface area contributed by atoms with E-state index in [-0.39, 0.29) is 17.0 Å². The number of nitrogens with one attached hydrogen (secondary N) is 1. The molecule has 1 aromatic carbocycles. The first kappa shape index (κ1) is 13.2. The first-order chi connectivity index (χ1) is 8.99. The number of carbonyl (C=O) groups excluding carboxylic acids is 3. The number of benzene rings is 1. The van der Waals surface area contributed by atoms with Gasteiger partial charge in [-0.05, 0) is 18.1 Å². The molecule has 0 aliphatic carbocycles. The van der Waals surface area contributed by atoms with Gasteiger partial charge in [-0.1, -0.05) is 26.0 Å². The summed E-state index contributed by atoms with van der Waals surface area (Å²) in [7, 11) is 0. The van der Waals surface area contributed by atoms with E-state index in [2.05, 4.69) is 0 Å². The van der Waals surface area contributed by atoms with Crippen LogP contribution in [0.15, 0.2) is 24.3 Å². The van der Waals surface area contributed by atoms with Crippen molar-refractivity contribution < 1.29 is 19.6 Å². The van der Waals surface area contributed by atoms with Gasteiger partial charge in [-0.15, -0.1) is 0 Å². The van der Waals surface area contributed by atoms with Gasteiger partial charge in [0, 0.05) is 0 Å². The standard InChI is InChI=1S/C13H14N2O4/c1-7(2)10(11(16)14-19)15-12(17)8-5-3-4-6-9(8)13(15)18/h3-7,10,19H,1-2H3,(H,14,16). The molecular formula is C13H14N2O4. The van der Waals surface area contributed by atoms with Crippen molar-refractivity contribution in [3.8, 4) is 0 Å². The second-order valence-corrected chi connectivity index (χ2v) is 4.69. The smallest absolute Gasteiger partial charge is 0.266 e. The monoisotopic (exact) mass is 262 g/mol. The molecule has 1 aromatic rings. The molecule has 0 saturated carbocycles. The minimum atomic E-state index is -1.03. The zero-order valence-corrected chi connectivity index (χ0v) is 10.6. The third kappa shape index (κ3) is 2.00. The predicted octanol–water partition coefficient (Wildman–Crippen LogP) is 0.813. The molecule has 0 bridgehead atoms. The Morgan fingerprint density at radius 1 is 1.16 bits per heavy atom. The second kappa shape index (κ2) is 4.81. The highest BCUT2D eigenvalue weighted by molar-refractivity contribution is 6.22. The first-order valence-corrected chi connectivity index (χ1v) is 5.90. The molecule has 6 heteroatoms. The summed E-state index contributed by atoms with van der Waals surface area (Å²) in [5.74, 6) is -2.11. The summed E-state index contributed by atoms with van der Waals surface area (Å²) < 4.78 is 0. The van der Waals surface area contributed by atoms with E-state index in [0.29, 0.717) is 0 Å². The Morgan fingerprint density at radius 3 is 2.00 bits per heavy atom. The van der Waals surface area contributed by atoms with Crippen LogP contribution in [0.5, 0.6) is 0 Å². The number of hydroxylamine groups is 1. The number of fused-ring (bicyclic) bond motifs is 1. The lowest BCUT2D eigenvalue weighted by molar-refractivity contribution is -0.134. The fourth-order valence-corrected chi connectivity index (χ4v) is 2.24. The van der Waals surface area contributed by atoms with Crippen molar-refractivity contribution >= 4 is 17.7 Å². The van der Waals surface area contributed by atoms with Gasteiger partial charge < -0.3 is 0 Å². The fraction of sp³-hybridized carbons (Fsp3) is 0.308. The molecule has 0 fully saturated rings. The van der Waals surface area contributed by atoms with Crippen molar-refractivity contribution in [2.75, 3.05) is 0 Å². The van der Waals surface area contributed by atoms with Crippen LogP contribution >= 0.6 is 0 Å². The first-order valence-electron chi connectivity index (χ1n) is 5.90. The summed E-state index contributed by atoms with van der Waals surface area (Å²) in [5, 5.41) is 8.76. The Kier molecular flexibility index (Phi) is 3.35. The Bertz CT molecular complexity index is 518. The Labute approximate surface area is 110 Å². The third-order valence-electron chi connectivity index (χ3n) is 3.11. The van der Waals surface area contributed by atoms with Gasteiger partial charge in [0.15, 0.2) is 0 Å². The van der Waals surface area contributed by atoms with Gasteiger partial charge in [0.1, 0.15) is 6.04 Å². The SMILES string of the molecule is CC(C)C(C(=O)NO)N1C(=O)c2ccccc2C1=O. The van der Waals surface area contributed by atoms with Gasteiger partial charge in [0.2, 0.25) is 0 Å². The zero-order valence-electron chi connectivity index (χ0n) is 10.6. The lowest BCUT2D eigenvalue weighted by Crippen LogP contribution is -2.51. The summed E-state index contributed by atoms with van der Waals surface area (Å²) in [4.78, 5) is 37.0. The van der Waals surface area contributed by atoms with E-state index in [0.717, 1.165) is 4.90 Å². The summed E-state index contributed by atoms with van der Waals surface area (Å²) in [6, 6.07) is 5.37. The van der Waals surface area contributed by atoms with Crippen LogP contribution < -0.4 is 5.48 Å². The molecule has 1 heterocycles. The average Bonchev–Trinajstić information content (AvgIpc) is 2.64. The highest BCUT2D eigenvalue weighted by Gasteiger charge is 2.43. The van der Waals surface area contributed by atoms with Gasteiger partial charge in [-0.25, -0.2) is 5.48 Å². The molecule has 1 unspecified atom stereocenters. The lowest BCUT2D eigenvalue weighted by atomic mass is 10.0. The summed E-state index contributed by atoms with van der Waals surface area (Å²) >= 11 is 0. The normalized spacial score (nSPS) is 15.7. The molecule has 3 amide bonds. The molecule has 0 aromatic heterocycles. The molecule has 100 valence electrons. The van der Waals surface area contributed by atoms with Crippen LogP contribution in [-0.2, 0) is 4.79 Å². The zero-order chi connectivity index (χ0) is 14.2. The van der Waals surface area contributed by atoms with E-state index in [4.69, 9.17) is 5.21 Å². The number of imide groups is 1. The van der Waals surface area contributed by atoms with Gasteiger partial charge in [-0.2, -0.15) is 0 Å². The fourth-order valence-electron chi connectivity index (χ4n) is 2.24. The van der Waals surface area contributed by atoms with Crippen molar-refractivity contribution in [2.24, 2.45) is 5.92 Å². The van der Waals surface area contributed by atoms with E-state index in [9.17, 15) is 14.4 Å². The van der Waals surface area contributed by atoms with Crippen LogP contribution in [0.25, 0.3) is 0 Å². The number of nitrogens with zero attached hydrogens (tertiary/aromatic N) is 1. The van der Waals surface area contributed by atoms with Crippen molar-refractivity contribution in [3.05, 3.63) is 35.4 Å². The van der Waals surface area contributed by atoms with E-state index in [1.165, 1.54) is 5.48 Å². The number of rotatable bonds is 3. The highest BCUT2D eigenvalue weighted by atomic mass is 16.5. The van der Waals surface area contributed by atoms with Crippen LogP contribution in [0, 0.1) is 5.92 Å². The van der Waals surface area contributed by atoms with E-state index < -0.39 is 23.8 Å². The molecule has 1 aliphatic heterocycles. The van der Waals surface area contributed by atoms with Crippen molar-refractivity contribution in [1.82, 2.24) is 10.4 Å². The Hall–Kier alpha value is -2.21. The van der Waals surface area contributed by atoms with Crippen LogP contribution in [0.3, 0.4) is 0 Å². The molecular weight excluding hydrogens is 248 g/mol. The minimum Gasteiger partial charge on any atom is -0.289 e. The van der Waals surface area contributed by atoms with Crippen molar-refractivity contribution in [3.63, 3.8) is 0 Å². The van der Waals surface area contributed by atoms with E-state index >= 15 is 0 Å². The quantitative estimate of drug-likeness (QED) is 0.479. The predicted molar refractivity (Wildman–Crippen MR) is 65.5 cm³/mol. The van der Waals surface area contributed by atoms with Crippen LogP contribution in [0.1, 0.15) is 34.6 Å². The molecule has 0 radical (unpaired) electrons. The molecule has 0 saturated heterocycles. The van der Waals surface area contributed by atoms with E-state index in [1.54, 1.807) is 38.1 Å². The summed E-state index contributed by atoms with van der Waals surface area (Å²) in [6.07, 6.45) is 0.